The van der Waals surface area contributed by atoms with Gasteiger partial charge in [-0.15, -0.1) is 0 Å². The summed E-state index contributed by atoms with van der Waals surface area (Å²) >= 11 is 5.63. The van der Waals surface area contributed by atoms with E-state index in [0.717, 1.165) is 19.4 Å². The third kappa shape index (κ3) is 3.44. The first-order chi connectivity index (χ1) is 9.93. The van der Waals surface area contributed by atoms with Crippen LogP contribution in [0, 0.1) is 5.82 Å². The smallest absolute Gasteiger partial charge is 0.239 e. The summed E-state index contributed by atoms with van der Waals surface area (Å²) in [5.74, 6) is -0.362. The SMILES string of the molecule is COc1nc(Cl)c(F)cc1CN(C)C(=O)C1CCCN1C. The van der Waals surface area contributed by atoms with E-state index >= 15 is 0 Å². The van der Waals surface area contributed by atoms with Crippen LogP contribution in [0.3, 0.4) is 0 Å². The predicted molar refractivity (Wildman–Crippen MR) is 77.9 cm³/mol. The van der Waals surface area contributed by atoms with Gasteiger partial charge in [-0.2, -0.15) is 4.98 Å². The Morgan fingerprint density at radius 1 is 1.67 bits per heavy atom. The zero-order chi connectivity index (χ0) is 15.6. The summed E-state index contributed by atoms with van der Waals surface area (Å²) in [6.07, 6.45) is 1.87. The molecule has 1 amide bonds. The van der Waals surface area contributed by atoms with Crippen molar-refractivity contribution in [1.82, 2.24) is 14.8 Å². The highest BCUT2D eigenvalue weighted by Crippen LogP contribution is 2.24. The van der Waals surface area contributed by atoms with Crippen molar-refractivity contribution in [1.29, 1.82) is 0 Å². The van der Waals surface area contributed by atoms with Crippen LogP contribution in [-0.2, 0) is 11.3 Å². The van der Waals surface area contributed by atoms with Gasteiger partial charge in [-0.25, -0.2) is 4.39 Å². The topological polar surface area (TPSA) is 45.7 Å². The van der Waals surface area contributed by atoms with Gasteiger partial charge in [0.25, 0.3) is 0 Å². The number of hydrogen-bond acceptors (Lipinski definition) is 4. The molecule has 5 nitrogen and oxygen atoms in total. The number of carbonyl (C=O) groups is 1. The number of ether oxygens (including phenoxy) is 1. The number of nitrogens with zero attached hydrogens (tertiary/aromatic N) is 3. The maximum Gasteiger partial charge on any atom is 0.239 e. The van der Waals surface area contributed by atoms with Crippen LogP contribution < -0.4 is 4.74 Å². The second-order valence-corrected chi connectivity index (χ2v) is 5.62. The average Bonchev–Trinajstić information content (AvgIpc) is 2.87. The Hall–Kier alpha value is -1.40. The summed E-state index contributed by atoms with van der Waals surface area (Å²) < 4.78 is 18.6. The van der Waals surface area contributed by atoms with Gasteiger partial charge in [0.05, 0.1) is 19.7 Å². The molecule has 2 rings (SSSR count). The molecule has 21 heavy (non-hydrogen) atoms. The van der Waals surface area contributed by atoms with Gasteiger partial charge in [-0.1, -0.05) is 11.6 Å². The molecule has 1 aliphatic rings. The lowest BCUT2D eigenvalue weighted by Crippen LogP contribution is -2.42. The first-order valence-electron chi connectivity index (χ1n) is 6.78. The minimum absolute atomic E-state index is 0.0208. The quantitative estimate of drug-likeness (QED) is 0.797. The van der Waals surface area contributed by atoms with Crippen molar-refractivity contribution in [3.8, 4) is 5.88 Å². The lowest BCUT2D eigenvalue weighted by atomic mass is 10.2. The monoisotopic (exact) mass is 315 g/mol. The zero-order valence-electron chi connectivity index (χ0n) is 12.4. The van der Waals surface area contributed by atoms with Crippen LogP contribution in [-0.4, -0.2) is 54.5 Å². The predicted octanol–water partition coefficient (Wildman–Crippen LogP) is 1.94. The van der Waals surface area contributed by atoms with Gasteiger partial charge in [-0.3, -0.25) is 9.69 Å². The van der Waals surface area contributed by atoms with Crippen LogP contribution in [0.2, 0.25) is 5.15 Å². The lowest BCUT2D eigenvalue weighted by molar-refractivity contribution is -0.134. The summed E-state index contributed by atoms with van der Waals surface area (Å²) in [4.78, 5) is 19.9. The summed E-state index contributed by atoms with van der Waals surface area (Å²) in [5.41, 5.74) is 0.496. The Kier molecular flexibility index (Phi) is 5.00. The highest BCUT2D eigenvalue weighted by molar-refractivity contribution is 6.29. The number of carbonyl (C=O) groups excluding carboxylic acids is 1. The number of amides is 1. The molecule has 0 spiro atoms. The van der Waals surface area contributed by atoms with Crippen LogP contribution in [0.25, 0.3) is 0 Å². The van der Waals surface area contributed by atoms with E-state index in [2.05, 4.69) is 4.98 Å². The van der Waals surface area contributed by atoms with Gasteiger partial charge in [-0.05, 0) is 32.5 Å². The molecule has 0 radical (unpaired) electrons. The number of methoxy groups -OCH3 is 1. The van der Waals surface area contributed by atoms with E-state index in [1.165, 1.54) is 13.2 Å². The lowest BCUT2D eigenvalue weighted by Gasteiger charge is -2.25. The van der Waals surface area contributed by atoms with Crippen LogP contribution >= 0.6 is 11.6 Å². The Bertz CT molecular complexity index is 541. The molecule has 2 heterocycles. The molecule has 1 aliphatic heterocycles. The number of halogens is 2. The van der Waals surface area contributed by atoms with Crippen molar-refractivity contribution < 1.29 is 13.9 Å². The van der Waals surface area contributed by atoms with E-state index in [1.807, 2.05) is 11.9 Å². The summed E-state index contributed by atoms with van der Waals surface area (Å²) in [5, 5.41) is -0.236. The number of aromatic nitrogens is 1. The third-order valence-electron chi connectivity index (χ3n) is 3.76. The van der Waals surface area contributed by atoms with E-state index in [9.17, 15) is 9.18 Å². The first-order valence-corrected chi connectivity index (χ1v) is 7.16. The van der Waals surface area contributed by atoms with E-state index < -0.39 is 5.82 Å². The van der Waals surface area contributed by atoms with Crippen molar-refractivity contribution in [2.24, 2.45) is 0 Å². The Morgan fingerprint density at radius 3 is 2.95 bits per heavy atom. The summed E-state index contributed by atoms with van der Waals surface area (Å²) in [6.45, 7) is 1.15. The van der Waals surface area contributed by atoms with Gasteiger partial charge >= 0.3 is 0 Å². The average molecular weight is 316 g/mol. The second-order valence-electron chi connectivity index (χ2n) is 5.26. The van der Waals surface area contributed by atoms with Crippen LogP contribution in [0.15, 0.2) is 6.07 Å². The Morgan fingerprint density at radius 2 is 2.38 bits per heavy atom. The molecule has 7 heteroatoms. The molecule has 1 aromatic rings. The van der Waals surface area contributed by atoms with Gasteiger partial charge in [0, 0.05) is 12.6 Å². The number of likely N-dealkylation sites (tertiary alicyclic amines) is 1. The summed E-state index contributed by atoms with van der Waals surface area (Å²) in [6, 6.07) is 1.15. The zero-order valence-corrected chi connectivity index (χ0v) is 13.2. The van der Waals surface area contributed by atoms with Crippen molar-refractivity contribution >= 4 is 17.5 Å². The fourth-order valence-corrected chi connectivity index (χ4v) is 2.72. The van der Waals surface area contributed by atoms with Gasteiger partial charge in [0.1, 0.15) is 0 Å². The number of rotatable bonds is 4. The Labute approximate surface area is 128 Å². The van der Waals surface area contributed by atoms with Crippen LogP contribution in [0.1, 0.15) is 18.4 Å². The number of likely N-dealkylation sites (N-methyl/N-ethyl adjacent to an activating group) is 2. The van der Waals surface area contributed by atoms with Gasteiger partial charge < -0.3 is 9.64 Å². The molecule has 1 atom stereocenters. The van der Waals surface area contributed by atoms with Gasteiger partial charge in [0.15, 0.2) is 11.0 Å². The number of hydrogen-bond donors (Lipinski definition) is 0. The Balaban J connectivity index is 2.13. The van der Waals surface area contributed by atoms with Crippen molar-refractivity contribution in [2.45, 2.75) is 25.4 Å². The molecule has 0 N–H and O–H groups in total. The van der Waals surface area contributed by atoms with Crippen LogP contribution in [0.5, 0.6) is 5.88 Å². The normalized spacial score (nSPS) is 18.8. The minimum atomic E-state index is -0.619. The third-order valence-corrected chi connectivity index (χ3v) is 4.02. The first kappa shape index (κ1) is 16.0. The second kappa shape index (κ2) is 6.58. The minimum Gasteiger partial charge on any atom is -0.481 e. The molecule has 116 valence electrons. The van der Waals surface area contributed by atoms with Crippen LogP contribution in [0.4, 0.5) is 4.39 Å². The fraction of sp³-hybridized carbons (Fsp3) is 0.571. The molecule has 0 saturated carbocycles. The van der Waals surface area contributed by atoms with Crippen molar-refractivity contribution in [3.63, 3.8) is 0 Å². The maximum absolute atomic E-state index is 13.5. The maximum atomic E-state index is 13.5. The molecular weight excluding hydrogens is 297 g/mol. The summed E-state index contributed by atoms with van der Waals surface area (Å²) in [7, 11) is 5.07. The van der Waals surface area contributed by atoms with E-state index in [4.69, 9.17) is 16.3 Å². The fourth-order valence-electron chi connectivity index (χ4n) is 2.59. The molecular formula is C14H19ClFN3O2. The molecule has 1 fully saturated rings. The molecule has 0 aromatic carbocycles. The van der Waals surface area contributed by atoms with E-state index in [-0.39, 0.29) is 29.5 Å². The van der Waals surface area contributed by atoms with E-state index in [0.29, 0.717) is 5.56 Å². The molecule has 1 saturated heterocycles. The van der Waals surface area contributed by atoms with E-state index in [1.54, 1.807) is 11.9 Å². The molecule has 0 aliphatic carbocycles. The highest BCUT2D eigenvalue weighted by Gasteiger charge is 2.30. The van der Waals surface area contributed by atoms with Gasteiger partial charge in [0.2, 0.25) is 11.8 Å². The van der Waals surface area contributed by atoms with Crippen molar-refractivity contribution in [3.05, 3.63) is 22.6 Å². The van der Waals surface area contributed by atoms with Crippen molar-refractivity contribution in [2.75, 3.05) is 27.7 Å². The standard InChI is InChI=1S/C14H19ClFN3O2/c1-18-6-4-5-11(18)14(20)19(2)8-9-7-10(16)12(15)17-13(9)21-3/h7,11H,4-6,8H2,1-3H3. The number of pyridine rings is 1. The highest BCUT2D eigenvalue weighted by atomic mass is 35.5. The molecule has 1 unspecified atom stereocenters. The largest absolute Gasteiger partial charge is 0.481 e. The molecule has 1 aromatic heterocycles. The molecule has 0 bridgehead atoms.